The minimum atomic E-state index is -0.254. The molecule has 0 saturated carbocycles. The van der Waals surface area contributed by atoms with E-state index in [0.29, 0.717) is 38.7 Å². The number of benzene rings is 2. The van der Waals surface area contributed by atoms with Gasteiger partial charge in [-0.05, 0) is 29.8 Å². The first kappa shape index (κ1) is 20.7. The maximum absolute atomic E-state index is 12.2. The van der Waals surface area contributed by atoms with Crippen molar-refractivity contribution < 1.29 is 23.8 Å². The molecule has 1 saturated heterocycles. The lowest BCUT2D eigenvalue weighted by molar-refractivity contribution is -0.142. The third kappa shape index (κ3) is 6.50. The van der Waals surface area contributed by atoms with Gasteiger partial charge in [0.05, 0.1) is 19.8 Å². The molecule has 0 radical (unpaired) electrons. The second kappa shape index (κ2) is 10.5. The number of ether oxygens (including phenoxy) is 3. The summed E-state index contributed by atoms with van der Waals surface area (Å²) in [4.78, 5) is 27.5. The van der Waals surface area contributed by atoms with Crippen LogP contribution < -0.4 is 9.47 Å². The molecule has 0 aliphatic carbocycles. The smallest absolute Gasteiger partial charge is 0.260 e. The maximum Gasteiger partial charge on any atom is 0.260 e. The molecule has 1 aliphatic rings. The average Bonchev–Trinajstić information content (AvgIpc) is 2.78. The van der Waals surface area contributed by atoms with Gasteiger partial charge in [-0.1, -0.05) is 30.3 Å². The Morgan fingerprint density at radius 2 is 1.59 bits per heavy atom. The highest BCUT2D eigenvalue weighted by atomic mass is 16.5. The summed E-state index contributed by atoms with van der Waals surface area (Å²) < 4.78 is 16.5. The van der Waals surface area contributed by atoms with Crippen molar-refractivity contribution in [3.63, 3.8) is 0 Å². The summed E-state index contributed by atoms with van der Waals surface area (Å²) in [5.74, 6) is 0.958. The van der Waals surface area contributed by atoms with Crippen LogP contribution in [0.5, 0.6) is 11.5 Å². The zero-order chi connectivity index (χ0) is 20.5. The van der Waals surface area contributed by atoms with Crippen LogP contribution in [0.3, 0.4) is 0 Å². The molecule has 29 heavy (non-hydrogen) atoms. The maximum atomic E-state index is 12.2. The third-order valence-electron chi connectivity index (χ3n) is 4.60. The predicted octanol–water partition coefficient (Wildman–Crippen LogP) is 1.96. The molecule has 3 rings (SSSR count). The van der Waals surface area contributed by atoms with Crippen LogP contribution in [0.25, 0.3) is 0 Å². The van der Waals surface area contributed by atoms with Crippen molar-refractivity contribution in [2.45, 2.75) is 6.61 Å². The van der Waals surface area contributed by atoms with E-state index in [2.05, 4.69) is 0 Å². The summed E-state index contributed by atoms with van der Waals surface area (Å²) in [6.07, 6.45) is 0. The van der Waals surface area contributed by atoms with Crippen LogP contribution in [-0.2, 0) is 20.9 Å². The number of amides is 2. The number of likely N-dealkylation sites (N-methyl/N-ethyl adjacent to an activating group) is 1. The molecule has 0 atom stereocenters. The van der Waals surface area contributed by atoms with Gasteiger partial charge in [-0.3, -0.25) is 9.59 Å². The Morgan fingerprint density at radius 1 is 0.966 bits per heavy atom. The molecule has 0 bridgehead atoms. The second-order valence-corrected chi connectivity index (χ2v) is 6.78. The Labute approximate surface area is 170 Å². The molecule has 0 N–H and O–H groups in total. The number of nitrogens with zero attached hydrogens (tertiary/aromatic N) is 2. The van der Waals surface area contributed by atoms with Crippen molar-refractivity contribution in [2.24, 2.45) is 0 Å². The lowest BCUT2D eigenvalue weighted by Crippen LogP contribution is -2.46. The van der Waals surface area contributed by atoms with E-state index in [-0.39, 0.29) is 25.0 Å². The van der Waals surface area contributed by atoms with Crippen molar-refractivity contribution in [3.05, 3.63) is 60.2 Å². The number of hydrogen-bond acceptors (Lipinski definition) is 5. The van der Waals surface area contributed by atoms with E-state index in [0.717, 1.165) is 11.3 Å². The van der Waals surface area contributed by atoms with Gasteiger partial charge < -0.3 is 24.0 Å². The molecule has 1 heterocycles. The Bertz CT molecular complexity index is 789. The summed E-state index contributed by atoms with van der Waals surface area (Å²) in [6, 6.07) is 17.0. The molecule has 2 aromatic carbocycles. The second-order valence-electron chi connectivity index (χ2n) is 6.78. The van der Waals surface area contributed by atoms with Crippen molar-refractivity contribution >= 4 is 11.8 Å². The summed E-state index contributed by atoms with van der Waals surface area (Å²) in [7, 11) is 1.60. The quantitative estimate of drug-likeness (QED) is 0.680. The fourth-order valence-electron chi connectivity index (χ4n) is 2.83. The number of carbonyl (C=O) groups excluding carboxylic acids is 2. The Balaban J connectivity index is 1.40. The number of carbonyl (C=O) groups is 2. The Kier molecular flexibility index (Phi) is 7.47. The first-order valence-electron chi connectivity index (χ1n) is 9.61. The first-order chi connectivity index (χ1) is 14.1. The van der Waals surface area contributed by atoms with Gasteiger partial charge >= 0.3 is 0 Å². The third-order valence-corrected chi connectivity index (χ3v) is 4.60. The zero-order valence-corrected chi connectivity index (χ0v) is 16.6. The molecular formula is C22H26N2O5. The van der Waals surface area contributed by atoms with E-state index < -0.39 is 0 Å². The standard InChI is InChI=1S/C22H26N2O5/c1-23(15-21(25)24-11-13-27-14-12-24)22(26)17-29-20-9-7-19(8-10-20)28-16-18-5-3-2-4-6-18/h2-10H,11-17H2,1H3. The van der Waals surface area contributed by atoms with Gasteiger partial charge in [0, 0.05) is 20.1 Å². The topological polar surface area (TPSA) is 68.3 Å². The van der Waals surface area contributed by atoms with Gasteiger partial charge in [-0.2, -0.15) is 0 Å². The lowest BCUT2D eigenvalue weighted by Gasteiger charge is -2.28. The van der Waals surface area contributed by atoms with Crippen molar-refractivity contribution in [3.8, 4) is 11.5 Å². The molecule has 7 heteroatoms. The Hall–Kier alpha value is -3.06. The van der Waals surface area contributed by atoms with Crippen LogP contribution in [0.1, 0.15) is 5.56 Å². The molecule has 0 spiro atoms. The highest BCUT2D eigenvalue weighted by Crippen LogP contribution is 2.18. The minimum absolute atomic E-state index is 0.0362. The van der Waals surface area contributed by atoms with Gasteiger partial charge in [-0.25, -0.2) is 0 Å². The van der Waals surface area contributed by atoms with Crippen molar-refractivity contribution in [1.82, 2.24) is 9.80 Å². The molecular weight excluding hydrogens is 372 g/mol. The van der Waals surface area contributed by atoms with Crippen LogP contribution in [-0.4, -0.2) is 68.1 Å². The van der Waals surface area contributed by atoms with Crippen LogP contribution >= 0.6 is 0 Å². The molecule has 0 aromatic heterocycles. The van der Waals surface area contributed by atoms with Gasteiger partial charge in [0.2, 0.25) is 5.91 Å². The average molecular weight is 398 g/mol. The van der Waals surface area contributed by atoms with E-state index in [4.69, 9.17) is 14.2 Å². The summed E-state index contributed by atoms with van der Waals surface area (Å²) in [5.41, 5.74) is 1.09. The van der Waals surface area contributed by atoms with Gasteiger partial charge in [-0.15, -0.1) is 0 Å². The van der Waals surface area contributed by atoms with E-state index in [1.807, 2.05) is 30.3 Å². The number of hydrogen-bond donors (Lipinski definition) is 0. The van der Waals surface area contributed by atoms with E-state index in [9.17, 15) is 9.59 Å². The van der Waals surface area contributed by atoms with E-state index in [1.165, 1.54) is 4.90 Å². The SMILES string of the molecule is CN(CC(=O)N1CCOCC1)C(=O)COc1ccc(OCc2ccccc2)cc1. The largest absolute Gasteiger partial charge is 0.489 e. The van der Waals surface area contributed by atoms with Crippen LogP contribution in [0.15, 0.2) is 54.6 Å². The zero-order valence-electron chi connectivity index (χ0n) is 16.6. The molecule has 0 unspecified atom stereocenters. The molecule has 154 valence electrons. The normalized spacial score (nSPS) is 13.6. The molecule has 2 amide bonds. The molecule has 1 fully saturated rings. The van der Waals surface area contributed by atoms with Crippen LogP contribution in [0, 0.1) is 0 Å². The van der Waals surface area contributed by atoms with Crippen LogP contribution in [0.4, 0.5) is 0 Å². The van der Waals surface area contributed by atoms with E-state index in [1.54, 1.807) is 36.2 Å². The molecule has 7 nitrogen and oxygen atoms in total. The summed E-state index contributed by atoms with van der Waals surface area (Å²) >= 11 is 0. The Morgan fingerprint density at radius 3 is 2.24 bits per heavy atom. The lowest BCUT2D eigenvalue weighted by atomic mass is 10.2. The van der Waals surface area contributed by atoms with Gasteiger partial charge in [0.15, 0.2) is 6.61 Å². The predicted molar refractivity (Wildman–Crippen MR) is 108 cm³/mol. The highest BCUT2D eigenvalue weighted by Gasteiger charge is 2.20. The van der Waals surface area contributed by atoms with Crippen LogP contribution in [0.2, 0.25) is 0 Å². The minimum Gasteiger partial charge on any atom is -0.489 e. The monoisotopic (exact) mass is 398 g/mol. The van der Waals surface area contributed by atoms with Gasteiger partial charge in [0.25, 0.3) is 5.91 Å². The molecule has 1 aliphatic heterocycles. The summed E-state index contributed by atoms with van der Waals surface area (Å²) in [6.45, 7) is 2.61. The fourth-order valence-corrected chi connectivity index (χ4v) is 2.83. The number of morpholine rings is 1. The van der Waals surface area contributed by atoms with E-state index >= 15 is 0 Å². The highest BCUT2D eigenvalue weighted by molar-refractivity contribution is 5.85. The first-order valence-corrected chi connectivity index (χ1v) is 9.61. The fraction of sp³-hybridized carbons (Fsp3) is 0.364. The molecule has 2 aromatic rings. The van der Waals surface area contributed by atoms with Crippen molar-refractivity contribution in [1.29, 1.82) is 0 Å². The van der Waals surface area contributed by atoms with Gasteiger partial charge in [0.1, 0.15) is 18.1 Å². The number of rotatable bonds is 8. The summed E-state index contributed by atoms with van der Waals surface area (Å²) in [5, 5.41) is 0. The van der Waals surface area contributed by atoms with Crippen molar-refractivity contribution in [2.75, 3.05) is 46.5 Å².